The molecule has 8 heteroatoms. The Morgan fingerprint density at radius 1 is 1.04 bits per heavy atom. The SMILES string of the molecule is CCc1nc(CSc2nnc(Cc3ccccc3)n2-c2ccc(Cl)cc2)no1. The molecule has 2 aromatic heterocycles. The van der Waals surface area contributed by atoms with E-state index in [1.165, 1.54) is 17.3 Å². The van der Waals surface area contributed by atoms with E-state index in [1.807, 2.05) is 49.4 Å². The van der Waals surface area contributed by atoms with E-state index in [1.54, 1.807) is 0 Å². The van der Waals surface area contributed by atoms with Crippen LogP contribution in [0.25, 0.3) is 5.69 Å². The molecule has 0 aliphatic heterocycles. The van der Waals surface area contributed by atoms with Crippen molar-refractivity contribution in [3.63, 3.8) is 0 Å². The van der Waals surface area contributed by atoms with E-state index in [4.69, 9.17) is 16.1 Å². The Morgan fingerprint density at radius 2 is 1.82 bits per heavy atom. The highest BCUT2D eigenvalue weighted by Crippen LogP contribution is 2.26. The number of hydrogen-bond acceptors (Lipinski definition) is 6. The standard InChI is InChI=1S/C20H18ClN5OS/c1-2-19-22-17(25-27-19)13-28-20-24-23-18(12-14-6-4-3-5-7-14)26(20)16-10-8-15(21)9-11-16/h3-11H,2,12-13H2,1H3. The lowest BCUT2D eigenvalue weighted by atomic mass is 10.1. The zero-order valence-electron chi connectivity index (χ0n) is 15.2. The number of aromatic nitrogens is 5. The highest BCUT2D eigenvalue weighted by Gasteiger charge is 2.16. The van der Waals surface area contributed by atoms with E-state index >= 15 is 0 Å². The largest absolute Gasteiger partial charge is 0.339 e. The van der Waals surface area contributed by atoms with Gasteiger partial charge in [0, 0.05) is 23.6 Å². The van der Waals surface area contributed by atoms with Crippen LogP contribution in [0.3, 0.4) is 0 Å². The first kappa shape index (κ1) is 18.7. The lowest BCUT2D eigenvalue weighted by Gasteiger charge is -2.10. The topological polar surface area (TPSA) is 69.6 Å². The highest BCUT2D eigenvalue weighted by atomic mass is 35.5. The van der Waals surface area contributed by atoms with E-state index in [-0.39, 0.29) is 0 Å². The average Bonchev–Trinajstić information content (AvgIpc) is 3.35. The van der Waals surface area contributed by atoms with Crippen molar-refractivity contribution < 1.29 is 4.52 Å². The molecule has 0 amide bonds. The third-order valence-electron chi connectivity index (χ3n) is 4.13. The van der Waals surface area contributed by atoms with Crippen LogP contribution in [0.1, 0.15) is 30.0 Å². The van der Waals surface area contributed by atoms with E-state index in [9.17, 15) is 0 Å². The first-order valence-corrected chi connectivity index (χ1v) is 10.3. The van der Waals surface area contributed by atoms with Crippen LogP contribution in [0.15, 0.2) is 64.3 Å². The van der Waals surface area contributed by atoms with Crippen molar-refractivity contribution in [2.75, 3.05) is 0 Å². The number of nitrogens with zero attached hydrogens (tertiary/aromatic N) is 5. The Balaban J connectivity index is 1.64. The zero-order valence-corrected chi connectivity index (χ0v) is 16.8. The molecule has 0 aliphatic carbocycles. The van der Waals surface area contributed by atoms with Crippen LogP contribution in [-0.2, 0) is 18.6 Å². The number of aryl methyl sites for hydroxylation is 1. The fourth-order valence-corrected chi connectivity index (χ4v) is 3.70. The van der Waals surface area contributed by atoms with Crippen molar-refractivity contribution in [1.82, 2.24) is 24.9 Å². The van der Waals surface area contributed by atoms with Crippen LogP contribution in [0.2, 0.25) is 5.02 Å². The average molecular weight is 412 g/mol. The molecule has 142 valence electrons. The molecule has 0 saturated carbocycles. The van der Waals surface area contributed by atoms with Gasteiger partial charge in [0.15, 0.2) is 11.0 Å². The minimum Gasteiger partial charge on any atom is -0.339 e. The summed E-state index contributed by atoms with van der Waals surface area (Å²) in [6, 6.07) is 17.9. The molecule has 4 rings (SSSR count). The maximum absolute atomic E-state index is 6.07. The van der Waals surface area contributed by atoms with Crippen molar-refractivity contribution in [1.29, 1.82) is 0 Å². The monoisotopic (exact) mass is 411 g/mol. The van der Waals surface area contributed by atoms with Crippen LogP contribution in [-0.4, -0.2) is 24.9 Å². The lowest BCUT2D eigenvalue weighted by molar-refractivity contribution is 0.378. The first-order valence-electron chi connectivity index (χ1n) is 8.91. The summed E-state index contributed by atoms with van der Waals surface area (Å²) in [5.41, 5.74) is 2.14. The van der Waals surface area contributed by atoms with Crippen LogP contribution in [0.5, 0.6) is 0 Å². The Morgan fingerprint density at radius 3 is 2.54 bits per heavy atom. The predicted octanol–water partition coefficient (Wildman–Crippen LogP) is 4.75. The van der Waals surface area contributed by atoms with E-state index in [0.717, 1.165) is 23.1 Å². The molecule has 0 spiro atoms. The van der Waals surface area contributed by atoms with Gasteiger partial charge in [0.2, 0.25) is 5.89 Å². The molecule has 2 heterocycles. The molecule has 0 N–H and O–H groups in total. The minimum absolute atomic E-state index is 0.556. The Hall–Kier alpha value is -2.64. The molecule has 0 fully saturated rings. The molecule has 6 nitrogen and oxygen atoms in total. The second kappa shape index (κ2) is 8.58. The third-order valence-corrected chi connectivity index (χ3v) is 5.31. The summed E-state index contributed by atoms with van der Waals surface area (Å²) in [6.07, 6.45) is 1.40. The molecule has 0 aliphatic rings. The minimum atomic E-state index is 0.556. The van der Waals surface area contributed by atoms with Gasteiger partial charge in [-0.2, -0.15) is 4.98 Å². The van der Waals surface area contributed by atoms with Gasteiger partial charge in [0.25, 0.3) is 0 Å². The molecule has 28 heavy (non-hydrogen) atoms. The molecule has 0 bridgehead atoms. The second-order valence-corrected chi connectivity index (χ2v) is 7.50. The Labute approximate surface area is 172 Å². The summed E-state index contributed by atoms with van der Waals surface area (Å²) in [5, 5.41) is 14.3. The molecular weight excluding hydrogens is 394 g/mol. The third kappa shape index (κ3) is 4.26. The number of rotatable bonds is 7. The summed E-state index contributed by atoms with van der Waals surface area (Å²) in [7, 11) is 0. The summed E-state index contributed by atoms with van der Waals surface area (Å²) in [6.45, 7) is 1.98. The van der Waals surface area contributed by atoms with E-state index in [2.05, 4.69) is 37.0 Å². The molecule has 2 aromatic carbocycles. The molecule has 0 saturated heterocycles. The summed E-state index contributed by atoms with van der Waals surface area (Å²) < 4.78 is 7.23. The number of thioether (sulfide) groups is 1. The van der Waals surface area contributed by atoms with Crippen molar-refractivity contribution in [3.8, 4) is 5.69 Å². The smallest absolute Gasteiger partial charge is 0.226 e. The Kier molecular flexibility index (Phi) is 5.73. The lowest BCUT2D eigenvalue weighted by Crippen LogP contribution is -2.04. The summed E-state index contributed by atoms with van der Waals surface area (Å²) in [5.74, 6) is 2.70. The quantitative estimate of drug-likeness (QED) is 0.409. The second-order valence-electron chi connectivity index (χ2n) is 6.12. The maximum Gasteiger partial charge on any atom is 0.226 e. The van der Waals surface area contributed by atoms with Gasteiger partial charge >= 0.3 is 0 Å². The molecule has 0 unspecified atom stereocenters. The van der Waals surface area contributed by atoms with Gasteiger partial charge in [0.1, 0.15) is 5.82 Å². The highest BCUT2D eigenvalue weighted by molar-refractivity contribution is 7.98. The number of benzene rings is 2. The number of hydrogen-bond donors (Lipinski definition) is 0. The predicted molar refractivity (Wildman–Crippen MR) is 109 cm³/mol. The van der Waals surface area contributed by atoms with Gasteiger partial charge in [-0.1, -0.05) is 65.8 Å². The van der Waals surface area contributed by atoms with Crippen LogP contribution < -0.4 is 0 Å². The van der Waals surface area contributed by atoms with Gasteiger partial charge in [0.05, 0.1) is 5.75 Å². The van der Waals surface area contributed by atoms with Crippen molar-refractivity contribution in [3.05, 3.63) is 82.7 Å². The molecule has 0 radical (unpaired) electrons. The molecule has 0 atom stereocenters. The van der Waals surface area contributed by atoms with Gasteiger partial charge in [-0.05, 0) is 29.8 Å². The van der Waals surface area contributed by atoms with Gasteiger partial charge in [-0.25, -0.2) is 0 Å². The zero-order chi connectivity index (χ0) is 19.3. The number of halogens is 1. The van der Waals surface area contributed by atoms with Crippen LogP contribution >= 0.6 is 23.4 Å². The summed E-state index contributed by atoms with van der Waals surface area (Å²) >= 11 is 7.59. The first-order chi connectivity index (χ1) is 13.7. The van der Waals surface area contributed by atoms with Crippen molar-refractivity contribution in [2.24, 2.45) is 0 Å². The van der Waals surface area contributed by atoms with Gasteiger partial charge < -0.3 is 4.52 Å². The van der Waals surface area contributed by atoms with Crippen molar-refractivity contribution in [2.45, 2.75) is 30.7 Å². The normalized spacial score (nSPS) is 11.1. The Bertz CT molecular complexity index is 1050. The van der Waals surface area contributed by atoms with Crippen LogP contribution in [0, 0.1) is 0 Å². The van der Waals surface area contributed by atoms with Crippen molar-refractivity contribution >= 4 is 23.4 Å². The fraction of sp³-hybridized carbons (Fsp3) is 0.200. The molecule has 4 aromatic rings. The van der Waals surface area contributed by atoms with Gasteiger partial charge in [-0.3, -0.25) is 4.57 Å². The van der Waals surface area contributed by atoms with Gasteiger partial charge in [-0.15, -0.1) is 10.2 Å². The van der Waals surface area contributed by atoms with E-state index in [0.29, 0.717) is 28.9 Å². The maximum atomic E-state index is 6.07. The fourth-order valence-electron chi connectivity index (χ4n) is 2.76. The van der Waals surface area contributed by atoms with Crippen LogP contribution in [0.4, 0.5) is 0 Å². The summed E-state index contributed by atoms with van der Waals surface area (Å²) in [4.78, 5) is 4.36. The van der Waals surface area contributed by atoms with E-state index < -0.39 is 0 Å². The molecular formula is C20H18ClN5OS.